The number of aromatic nitrogens is 1. The van der Waals surface area contributed by atoms with Gasteiger partial charge in [0.25, 0.3) is 0 Å². The third-order valence-corrected chi connectivity index (χ3v) is 4.21. The zero-order valence-corrected chi connectivity index (χ0v) is 16.0. The smallest absolute Gasteiger partial charge is 0.410 e. The molecule has 0 saturated carbocycles. The number of carbonyl (C=O) groups excluding carboxylic acids is 2. The van der Waals surface area contributed by atoms with E-state index >= 15 is 0 Å². The Bertz CT molecular complexity index is 870. The second-order valence-corrected chi connectivity index (χ2v) is 7.73. The van der Waals surface area contributed by atoms with Crippen LogP contribution in [0.2, 0.25) is 5.15 Å². The van der Waals surface area contributed by atoms with Crippen LogP contribution in [0.4, 0.5) is 4.79 Å². The number of ketones is 1. The van der Waals surface area contributed by atoms with Gasteiger partial charge in [-0.15, -0.1) is 0 Å². The third kappa shape index (κ3) is 3.90. The number of hydrogen-bond acceptors (Lipinski definition) is 5. The Kier molecular flexibility index (Phi) is 4.80. The summed E-state index contributed by atoms with van der Waals surface area (Å²) < 4.78 is 11.3. The van der Waals surface area contributed by atoms with Crippen molar-refractivity contribution in [3.05, 3.63) is 35.1 Å². The summed E-state index contributed by atoms with van der Waals surface area (Å²) in [7, 11) is 0. The van der Waals surface area contributed by atoms with E-state index in [9.17, 15) is 9.59 Å². The molecule has 1 aromatic carbocycles. The number of pyridine rings is 1. The van der Waals surface area contributed by atoms with E-state index in [-0.39, 0.29) is 18.0 Å². The molecular formula is C19H21ClN2O4. The SMILES string of the molecule is CC(=O)c1ccc(OC2CN(C(=O)OC(C)(C)C)C2)c2cnc(Cl)cc12. The number of nitrogens with zero attached hydrogens (tertiary/aromatic N) is 2. The molecule has 0 N–H and O–H groups in total. The van der Waals surface area contributed by atoms with Crippen LogP contribution in [0.1, 0.15) is 38.1 Å². The van der Waals surface area contributed by atoms with E-state index in [1.807, 2.05) is 20.8 Å². The van der Waals surface area contributed by atoms with Gasteiger partial charge >= 0.3 is 6.09 Å². The minimum atomic E-state index is -0.521. The van der Waals surface area contributed by atoms with Crippen molar-refractivity contribution in [3.8, 4) is 5.75 Å². The highest BCUT2D eigenvalue weighted by Gasteiger charge is 2.35. The van der Waals surface area contributed by atoms with Gasteiger partial charge in [-0.3, -0.25) is 4.79 Å². The Morgan fingerprint density at radius 3 is 2.54 bits per heavy atom. The number of hydrogen-bond donors (Lipinski definition) is 0. The molecule has 1 fully saturated rings. The summed E-state index contributed by atoms with van der Waals surface area (Å²) in [4.78, 5) is 29.5. The number of carbonyl (C=O) groups is 2. The monoisotopic (exact) mass is 376 g/mol. The quantitative estimate of drug-likeness (QED) is 0.596. The molecule has 0 radical (unpaired) electrons. The number of fused-ring (bicyclic) bond motifs is 1. The highest BCUT2D eigenvalue weighted by Crippen LogP contribution is 2.32. The summed E-state index contributed by atoms with van der Waals surface area (Å²) in [6, 6.07) is 5.14. The van der Waals surface area contributed by atoms with Crippen LogP contribution in [0.25, 0.3) is 10.8 Å². The van der Waals surface area contributed by atoms with Crippen molar-refractivity contribution in [1.29, 1.82) is 0 Å². The molecule has 0 bridgehead atoms. The molecule has 2 heterocycles. The van der Waals surface area contributed by atoms with Crippen LogP contribution in [0.3, 0.4) is 0 Å². The summed E-state index contributed by atoms with van der Waals surface area (Å²) in [6.45, 7) is 7.91. The molecule has 6 nitrogen and oxygen atoms in total. The molecule has 1 aliphatic rings. The third-order valence-electron chi connectivity index (χ3n) is 4.00. The molecule has 26 heavy (non-hydrogen) atoms. The average molecular weight is 377 g/mol. The summed E-state index contributed by atoms with van der Waals surface area (Å²) in [6.07, 6.45) is 1.12. The number of benzene rings is 1. The fraction of sp³-hybridized carbons (Fsp3) is 0.421. The van der Waals surface area contributed by atoms with E-state index in [1.165, 1.54) is 6.92 Å². The lowest BCUT2D eigenvalue weighted by Gasteiger charge is -2.39. The van der Waals surface area contributed by atoms with Crippen molar-refractivity contribution in [1.82, 2.24) is 9.88 Å². The highest BCUT2D eigenvalue weighted by atomic mass is 35.5. The standard InChI is InChI=1S/C19H21ClN2O4/c1-11(23)13-5-6-16(15-8-21-17(20)7-14(13)15)25-12-9-22(10-12)18(24)26-19(2,3)4/h5-8,12H,9-10H2,1-4H3. The molecule has 2 aromatic rings. The molecule has 7 heteroatoms. The minimum absolute atomic E-state index is 0.0523. The van der Waals surface area contributed by atoms with Crippen LogP contribution in [-0.4, -0.2) is 46.6 Å². The maximum absolute atomic E-state index is 12.0. The van der Waals surface area contributed by atoms with Gasteiger partial charge < -0.3 is 14.4 Å². The summed E-state index contributed by atoms with van der Waals surface area (Å²) in [5, 5.41) is 1.74. The molecular weight excluding hydrogens is 356 g/mol. The van der Waals surface area contributed by atoms with E-state index in [0.29, 0.717) is 34.9 Å². The molecule has 1 aliphatic heterocycles. The van der Waals surface area contributed by atoms with Gasteiger partial charge in [0.15, 0.2) is 5.78 Å². The van der Waals surface area contributed by atoms with Crippen molar-refractivity contribution in [2.75, 3.05) is 13.1 Å². The first kappa shape index (κ1) is 18.5. The molecule has 138 valence electrons. The fourth-order valence-electron chi connectivity index (χ4n) is 2.77. The second-order valence-electron chi connectivity index (χ2n) is 7.35. The normalized spacial score (nSPS) is 14.9. The molecule has 3 rings (SSSR count). The van der Waals surface area contributed by atoms with Gasteiger partial charge in [-0.05, 0) is 45.9 Å². The van der Waals surface area contributed by atoms with Gasteiger partial charge in [-0.2, -0.15) is 0 Å². The molecule has 1 aromatic heterocycles. The van der Waals surface area contributed by atoms with E-state index < -0.39 is 5.60 Å². The Hall–Kier alpha value is -2.34. The van der Waals surface area contributed by atoms with Crippen LogP contribution in [-0.2, 0) is 4.74 Å². The number of ether oxygens (including phenoxy) is 2. The molecule has 0 atom stereocenters. The van der Waals surface area contributed by atoms with Crippen molar-refractivity contribution in [2.24, 2.45) is 0 Å². The van der Waals surface area contributed by atoms with Gasteiger partial charge in [0.1, 0.15) is 22.6 Å². The largest absolute Gasteiger partial charge is 0.486 e. The van der Waals surface area contributed by atoms with Gasteiger partial charge in [-0.25, -0.2) is 9.78 Å². The Labute approximate surface area is 157 Å². The van der Waals surface area contributed by atoms with Crippen molar-refractivity contribution in [3.63, 3.8) is 0 Å². The summed E-state index contributed by atoms with van der Waals surface area (Å²) in [5.74, 6) is 0.562. The van der Waals surface area contributed by atoms with E-state index in [1.54, 1.807) is 29.3 Å². The zero-order valence-electron chi connectivity index (χ0n) is 15.2. The number of halogens is 1. The highest BCUT2D eigenvalue weighted by molar-refractivity contribution is 6.30. The van der Waals surface area contributed by atoms with Gasteiger partial charge in [-0.1, -0.05) is 11.6 Å². The summed E-state index contributed by atoms with van der Waals surface area (Å²) >= 11 is 5.98. The number of amides is 1. The predicted octanol–water partition coefficient (Wildman–Crippen LogP) is 4.09. The van der Waals surface area contributed by atoms with Crippen LogP contribution >= 0.6 is 11.6 Å². The van der Waals surface area contributed by atoms with Crippen LogP contribution in [0.15, 0.2) is 24.4 Å². The number of rotatable bonds is 3. The summed E-state index contributed by atoms with van der Waals surface area (Å²) in [5.41, 5.74) is 0.0489. The molecule has 0 spiro atoms. The number of likely N-dealkylation sites (tertiary alicyclic amines) is 1. The van der Waals surface area contributed by atoms with Crippen molar-refractivity contribution >= 4 is 34.2 Å². The Balaban J connectivity index is 1.74. The maximum atomic E-state index is 12.0. The van der Waals surface area contributed by atoms with Gasteiger partial charge in [0.2, 0.25) is 0 Å². The predicted molar refractivity (Wildman–Crippen MR) is 99.0 cm³/mol. The van der Waals surface area contributed by atoms with Crippen LogP contribution in [0, 0.1) is 0 Å². The molecule has 0 aliphatic carbocycles. The average Bonchev–Trinajstić information content (AvgIpc) is 2.47. The first-order valence-corrected chi connectivity index (χ1v) is 8.75. The molecule has 1 amide bonds. The van der Waals surface area contributed by atoms with Gasteiger partial charge in [0, 0.05) is 22.5 Å². The van der Waals surface area contributed by atoms with Crippen LogP contribution < -0.4 is 4.74 Å². The fourth-order valence-corrected chi connectivity index (χ4v) is 2.92. The first-order chi connectivity index (χ1) is 12.1. The van der Waals surface area contributed by atoms with E-state index in [2.05, 4.69) is 4.98 Å². The first-order valence-electron chi connectivity index (χ1n) is 8.38. The Morgan fingerprint density at radius 1 is 1.23 bits per heavy atom. The lowest BCUT2D eigenvalue weighted by molar-refractivity contribution is -0.0217. The van der Waals surface area contributed by atoms with Gasteiger partial charge in [0.05, 0.1) is 13.1 Å². The lowest BCUT2D eigenvalue weighted by Crippen LogP contribution is -2.57. The minimum Gasteiger partial charge on any atom is -0.486 e. The Morgan fingerprint density at radius 2 is 1.92 bits per heavy atom. The van der Waals surface area contributed by atoms with Crippen LogP contribution in [0.5, 0.6) is 5.75 Å². The van der Waals surface area contributed by atoms with Crippen molar-refractivity contribution in [2.45, 2.75) is 39.4 Å². The molecule has 0 unspecified atom stereocenters. The number of Topliss-reactive ketones (excluding diaryl/α,β-unsaturated/α-hetero) is 1. The van der Waals surface area contributed by atoms with E-state index in [0.717, 1.165) is 5.39 Å². The zero-order chi connectivity index (χ0) is 19.1. The maximum Gasteiger partial charge on any atom is 0.410 e. The van der Waals surface area contributed by atoms with Crippen molar-refractivity contribution < 1.29 is 19.1 Å². The second kappa shape index (κ2) is 6.76. The lowest BCUT2D eigenvalue weighted by atomic mass is 10.0. The van der Waals surface area contributed by atoms with E-state index in [4.69, 9.17) is 21.1 Å². The topological polar surface area (TPSA) is 68.7 Å². The molecule has 1 saturated heterocycles.